The molecule has 0 saturated carbocycles. The van der Waals surface area contributed by atoms with Crippen molar-refractivity contribution in [1.29, 1.82) is 0 Å². The monoisotopic (exact) mass is 433 g/mol. The van der Waals surface area contributed by atoms with Crippen molar-refractivity contribution in [3.05, 3.63) is 75.8 Å². The number of thiazole rings is 1. The van der Waals surface area contributed by atoms with Gasteiger partial charge in [0.2, 0.25) is 0 Å². The Morgan fingerprint density at radius 3 is 2.59 bits per heavy atom. The van der Waals surface area contributed by atoms with Crippen molar-refractivity contribution < 1.29 is 18.0 Å². The number of carbonyl (C=O) groups excluding carboxylic acids is 1. The summed E-state index contributed by atoms with van der Waals surface area (Å²) in [6, 6.07) is 12.8. The minimum Gasteiger partial charge on any atom is -0.293 e. The highest BCUT2D eigenvalue weighted by atomic mass is 32.2. The van der Waals surface area contributed by atoms with Gasteiger partial charge in [-0.1, -0.05) is 36.4 Å². The summed E-state index contributed by atoms with van der Waals surface area (Å²) in [6.45, 7) is 1.90. The maximum absolute atomic E-state index is 12.7. The fourth-order valence-corrected chi connectivity index (χ4v) is 5.82. The zero-order chi connectivity index (χ0) is 20.6. The molecule has 7 heteroatoms. The Kier molecular flexibility index (Phi) is 5.53. The van der Waals surface area contributed by atoms with Gasteiger partial charge in [0.25, 0.3) is 0 Å². The molecule has 1 unspecified atom stereocenters. The second kappa shape index (κ2) is 7.95. The molecule has 0 aliphatic heterocycles. The lowest BCUT2D eigenvalue weighted by Crippen LogP contribution is -2.24. The molecule has 3 aromatic rings. The molecule has 1 aliphatic carbocycles. The van der Waals surface area contributed by atoms with Crippen LogP contribution in [0.4, 0.5) is 13.2 Å². The first-order chi connectivity index (χ1) is 13.8. The number of rotatable bonds is 4. The van der Waals surface area contributed by atoms with Crippen LogP contribution in [0.5, 0.6) is 0 Å². The largest absolute Gasteiger partial charge is 0.416 e. The molecule has 1 atom stereocenters. The van der Waals surface area contributed by atoms with Gasteiger partial charge in [0, 0.05) is 21.8 Å². The molecule has 150 valence electrons. The SMILES string of the molecule is Cc1nc(-c2ccc(C(F)(F)F)cc2)sc1CSC1CCc2ccccc2C1=O. The predicted octanol–water partition coefficient (Wildman–Crippen LogP) is 6.57. The van der Waals surface area contributed by atoms with E-state index in [1.807, 2.05) is 31.2 Å². The normalized spacial score (nSPS) is 16.7. The van der Waals surface area contributed by atoms with Crippen LogP contribution in [-0.2, 0) is 18.3 Å². The molecular formula is C22H18F3NOS2. The van der Waals surface area contributed by atoms with E-state index in [1.165, 1.54) is 23.5 Å². The van der Waals surface area contributed by atoms with Gasteiger partial charge in [0.15, 0.2) is 5.78 Å². The van der Waals surface area contributed by atoms with Gasteiger partial charge < -0.3 is 0 Å². The van der Waals surface area contributed by atoms with E-state index in [-0.39, 0.29) is 11.0 Å². The number of alkyl halides is 3. The van der Waals surface area contributed by atoms with Crippen molar-refractivity contribution in [2.24, 2.45) is 0 Å². The van der Waals surface area contributed by atoms with Crippen LogP contribution < -0.4 is 0 Å². The lowest BCUT2D eigenvalue weighted by atomic mass is 9.90. The van der Waals surface area contributed by atoms with Crippen molar-refractivity contribution in [2.75, 3.05) is 0 Å². The quantitative estimate of drug-likeness (QED) is 0.466. The number of benzene rings is 2. The Hall–Kier alpha value is -2.12. The maximum Gasteiger partial charge on any atom is 0.416 e. The number of aryl methyl sites for hydroxylation is 2. The van der Waals surface area contributed by atoms with E-state index in [1.54, 1.807) is 11.8 Å². The molecule has 0 radical (unpaired) electrons. The average molecular weight is 434 g/mol. The van der Waals surface area contributed by atoms with Crippen LogP contribution in [0, 0.1) is 6.92 Å². The first-order valence-electron chi connectivity index (χ1n) is 9.20. The van der Waals surface area contributed by atoms with Crippen LogP contribution in [0.15, 0.2) is 48.5 Å². The number of fused-ring (bicyclic) bond motifs is 1. The first kappa shape index (κ1) is 20.2. The van der Waals surface area contributed by atoms with Crippen molar-refractivity contribution in [1.82, 2.24) is 4.98 Å². The van der Waals surface area contributed by atoms with Crippen LogP contribution in [0.3, 0.4) is 0 Å². The van der Waals surface area contributed by atoms with E-state index in [9.17, 15) is 18.0 Å². The zero-order valence-electron chi connectivity index (χ0n) is 15.6. The third kappa shape index (κ3) is 4.26. The number of thioether (sulfide) groups is 1. The summed E-state index contributed by atoms with van der Waals surface area (Å²) in [5, 5.41) is 0.632. The Labute approximate surface area is 175 Å². The first-order valence-corrected chi connectivity index (χ1v) is 11.1. The second-order valence-electron chi connectivity index (χ2n) is 6.96. The standard InChI is InChI=1S/C22H18F3NOS2/c1-13-19(12-28-18-11-8-14-4-2-3-5-17(14)20(18)27)29-21(26-13)15-6-9-16(10-7-15)22(23,24)25/h2-7,9-10,18H,8,11-12H2,1H3. The number of carbonyl (C=O) groups is 1. The van der Waals surface area contributed by atoms with Gasteiger partial charge in [0.1, 0.15) is 5.01 Å². The lowest BCUT2D eigenvalue weighted by Gasteiger charge is -2.22. The number of aromatic nitrogens is 1. The molecule has 0 bridgehead atoms. The topological polar surface area (TPSA) is 30.0 Å². The summed E-state index contributed by atoms with van der Waals surface area (Å²) in [7, 11) is 0. The number of hydrogen-bond donors (Lipinski definition) is 0. The molecule has 4 rings (SSSR count). The summed E-state index contributed by atoms with van der Waals surface area (Å²) in [6.07, 6.45) is -2.62. The summed E-state index contributed by atoms with van der Waals surface area (Å²) in [5.41, 5.74) is 2.81. The molecule has 1 aromatic heterocycles. The van der Waals surface area contributed by atoms with Crippen molar-refractivity contribution in [3.63, 3.8) is 0 Å². The predicted molar refractivity (Wildman–Crippen MR) is 111 cm³/mol. The molecule has 29 heavy (non-hydrogen) atoms. The van der Waals surface area contributed by atoms with Crippen molar-refractivity contribution in [3.8, 4) is 10.6 Å². The minimum absolute atomic E-state index is 0.0686. The molecule has 1 heterocycles. The van der Waals surface area contributed by atoms with E-state index < -0.39 is 11.7 Å². The molecule has 0 saturated heterocycles. The number of Topliss-reactive ketones (excluding diaryl/α,β-unsaturated/α-hetero) is 1. The number of hydrogen-bond acceptors (Lipinski definition) is 4. The number of halogens is 3. The fraction of sp³-hybridized carbons (Fsp3) is 0.273. The lowest BCUT2D eigenvalue weighted by molar-refractivity contribution is -0.137. The van der Waals surface area contributed by atoms with E-state index in [4.69, 9.17) is 0 Å². The van der Waals surface area contributed by atoms with Gasteiger partial charge in [-0.2, -0.15) is 13.2 Å². The summed E-state index contributed by atoms with van der Waals surface area (Å²) >= 11 is 3.10. The Balaban J connectivity index is 1.46. The highest BCUT2D eigenvalue weighted by Crippen LogP contribution is 2.36. The molecule has 0 amide bonds. The molecule has 0 N–H and O–H groups in total. The number of nitrogens with zero attached hydrogens (tertiary/aromatic N) is 1. The molecule has 0 spiro atoms. The summed E-state index contributed by atoms with van der Waals surface area (Å²) in [5.74, 6) is 0.852. The van der Waals surface area contributed by atoms with E-state index >= 15 is 0 Å². The van der Waals surface area contributed by atoms with Gasteiger partial charge in [0.05, 0.1) is 16.5 Å². The highest BCUT2D eigenvalue weighted by molar-refractivity contribution is 8.00. The Morgan fingerprint density at radius 2 is 1.86 bits per heavy atom. The minimum atomic E-state index is -4.34. The third-order valence-corrected chi connectivity index (χ3v) is 7.72. The van der Waals surface area contributed by atoms with Gasteiger partial charge in [-0.3, -0.25) is 4.79 Å². The van der Waals surface area contributed by atoms with Crippen molar-refractivity contribution >= 4 is 28.9 Å². The molecule has 1 aliphatic rings. The van der Waals surface area contributed by atoms with Crippen LogP contribution >= 0.6 is 23.1 Å². The maximum atomic E-state index is 12.7. The van der Waals surface area contributed by atoms with Crippen molar-refractivity contribution in [2.45, 2.75) is 36.9 Å². The van der Waals surface area contributed by atoms with Crippen LogP contribution in [0.25, 0.3) is 10.6 Å². The van der Waals surface area contributed by atoms with E-state index in [2.05, 4.69) is 4.98 Å². The van der Waals surface area contributed by atoms with Crippen LogP contribution in [0.1, 0.15) is 38.5 Å². The van der Waals surface area contributed by atoms with Gasteiger partial charge in [-0.25, -0.2) is 4.98 Å². The average Bonchev–Trinajstić information content (AvgIpc) is 3.08. The Morgan fingerprint density at radius 1 is 1.14 bits per heavy atom. The van der Waals surface area contributed by atoms with Gasteiger partial charge in [-0.05, 0) is 37.5 Å². The second-order valence-corrected chi connectivity index (χ2v) is 9.24. The molecular weight excluding hydrogens is 415 g/mol. The van der Waals surface area contributed by atoms with Crippen LogP contribution in [0.2, 0.25) is 0 Å². The van der Waals surface area contributed by atoms with Gasteiger partial charge in [-0.15, -0.1) is 23.1 Å². The summed E-state index contributed by atoms with van der Waals surface area (Å²) < 4.78 is 38.2. The smallest absolute Gasteiger partial charge is 0.293 e. The molecule has 2 aromatic carbocycles. The van der Waals surface area contributed by atoms with E-state index in [0.29, 0.717) is 16.3 Å². The van der Waals surface area contributed by atoms with E-state index in [0.717, 1.165) is 46.7 Å². The molecule has 0 fully saturated rings. The van der Waals surface area contributed by atoms with Crippen LogP contribution in [-0.4, -0.2) is 16.0 Å². The van der Waals surface area contributed by atoms with Gasteiger partial charge >= 0.3 is 6.18 Å². The number of ketones is 1. The highest BCUT2D eigenvalue weighted by Gasteiger charge is 2.30. The zero-order valence-corrected chi connectivity index (χ0v) is 17.3. The molecule has 2 nitrogen and oxygen atoms in total. The third-order valence-electron chi connectivity index (χ3n) is 5.02. The summed E-state index contributed by atoms with van der Waals surface area (Å²) in [4.78, 5) is 18.3. The fourth-order valence-electron chi connectivity index (χ4n) is 3.39. The Bertz CT molecular complexity index is 1040.